The summed E-state index contributed by atoms with van der Waals surface area (Å²) in [7, 11) is 0. The van der Waals surface area contributed by atoms with E-state index in [4.69, 9.17) is 17.0 Å². The van der Waals surface area contributed by atoms with E-state index in [1.165, 1.54) is 5.56 Å². The molecule has 1 fully saturated rings. The highest BCUT2D eigenvalue weighted by molar-refractivity contribution is 7.80. The second-order valence-corrected chi connectivity index (χ2v) is 8.38. The Morgan fingerprint density at radius 2 is 2.21 bits per heavy atom. The van der Waals surface area contributed by atoms with Gasteiger partial charge in [0.15, 0.2) is 5.11 Å². The van der Waals surface area contributed by atoms with Gasteiger partial charge in [-0.1, -0.05) is 26.8 Å². The maximum absolute atomic E-state index is 12.7. The van der Waals surface area contributed by atoms with E-state index in [1.54, 1.807) is 0 Å². The van der Waals surface area contributed by atoms with Gasteiger partial charge < -0.3 is 19.9 Å². The highest BCUT2D eigenvalue weighted by Crippen LogP contribution is 2.17. The molecule has 2 aromatic rings. The first-order chi connectivity index (χ1) is 13.5. The van der Waals surface area contributed by atoms with E-state index >= 15 is 0 Å². The van der Waals surface area contributed by atoms with Crippen LogP contribution in [0.2, 0.25) is 0 Å². The molecule has 1 aliphatic heterocycles. The van der Waals surface area contributed by atoms with E-state index < -0.39 is 0 Å². The lowest BCUT2D eigenvalue weighted by Gasteiger charge is -2.28. The van der Waals surface area contributed by atoms with Gasteiger partial charge >= 0.3 is 0 Å². The molecule has 6 heteroatoms. The van der Waals surface area contributed by atoms with Crippen LogP contribution in [0.25, 0.3) is 10.9 Å². The zero-order chi connectivity index (χ0) is 20.1. The zero-order valence-corrected chi connectivity index (χ0v) is 17.9. The standard InChI is InChI=1S/C22H31N3O2S/c1-4-16-7-8-20-17(10-16)11-18(21(26)24-20)13-25(14-19-6-5-9-27-19)22(28)23-12-15(2)3/h7-8,10-11,15,19H,4-6,9,12-14H2,1-3H3,(H,23,28)(H,24,26). The maximum Gasteiger partial charge on any atom is 0.253 e. The molecule has 1 unspecified atom stereocenters. The predicted octanol–water partition coefficient (Wildman–Crippen LogP) is 3.60. The third-order valence-electron chi connectivity index (χ3n) is 5.15. The van der Waals surface area contributed by atoms with Crippen molar-refractivity contribution in [2.75, 3.05) is 19.7 Å². The topological polar surface area (TPSA) is 57.4 Å². The molecule has 1 saturated heterocycles. The van der Waals surface area contributed by atoms with Crippen molar-refractivity contribution in [1.82, 2.24) is 15.2 Å². The van der Waals surface area contributed by atoms with Gasteiger partial charge in [-0.25, -0.2) is 0 Å². The second kappa shape index (κ2) is 9.52. The summed E-state index contributed by atoms with van der Waals surface area (Å²) in [6.45, 7) is 9.24. The quantitative estimate of drug-likeness (QED) is 0.694. The average Bonchev–Trinajstić information content (AvgIpc) is 3.18. The number of pyridine rings is 1. The van der Waals surface area contributed by atoms with E-state index in [2.05, 4.69) is 48.1 Å². The maximum atomic E-state index is 12.7. The molecular formula is C22H31N3O2S. The van der Waals surface area contributed by atoms with Crippen LogP contribution in [-0.4, -0.2) is 40.8 Å². The van der Waals surface area contributed by atoms with E-state index in [0.29, 0.717) is 24.1 Å². The van der Waals surface area contributed by atoms with E-state index in [0.717, 1.165) is 48.9 Å². The van der Waals surface area contributed by atoms with Gasteiger partial charge in [0, 0.05) is 30.8 Å². The molecule has 1 aromatic carbocycles. The van der Waals surface area contributed by atoms with Crippen LogP contribution in [-0.2, 0) is 17.7 Å². The normalized spacial score (nSPS) is 16.6. The average molecular weight is 402 g/mol. The first-order valence-electron chi connectivity index (χ1n) is 10.3. The lowest BCUT2D eigenvalue weighted by atomic mass is 10.1. The number of aromatic nitrogens is 1. The summed E-state index contributed by atoms with van der Waals surface area (Å²) in [5.74, 6) is 0.499. The molecule has 3 rings (SSSR count). The molecule has 0 radical (unpaired) electrons. The van der Waals surface area contributed by atoms with Crippen LogP contribution in [0.5, 0.6) is 0 Å². The minimum Gasteiger partial charge on any atom is -0.376 e. The number of ether oxygens (including phenoxy) is 1. The van der Waals surface area contributed by atoms with Crippen LogP contribution in [0.4, 0.5) is 0 Å². The van der Waals surface area contributed by atoms with Gasteiger partial charge in [-0.05, 0) is 66.5 Å². The van der Waals surface area contributed by atoms with Crippen LogP contribution in [0.1, 0.15) is 44.7 Å². The number of nitrogens with one attached hydrogen (secondary N) is 2. The molecule has 0 bridgehead atoms. The fourth-order valence-electron chi connectivity index (χ4n) is 3.50. The number of aromatic amines is 1. The third kappa shape index (κ3) is 5.32. The Kier molecular flexibility index (Phi) is 7.08. The molecule has 2 N–H and O–H groups in total. The number of rotatable bonds is 7. The molecule has 28 heavy (non-hydrogen) atoms. The summed E-state index contributed by atoms with van der Waals surface area (Å²) in [6.07, 6.45) is 3.27. The summed E-state index contributed by atoms with van der Waals surface area (Å²) in [4.78, 5) is 17.8. The molecule has 1 aliphatic rings. The summed E-state index contributed by atoms with van der Waals surface area (Å²) < 4.78 is 5.81. The predicted molar refractivity (Wildman–Crippen MR) is 119 cm³/mol. The van der Waals surface area contributed by atoms with Crippen LogP contribution < -0.4 is 10.9 Å². The molecule has 152 valence electrons. The smallest absolute Gasteiger partial charge is 0.253 e. The molecule has 0 saturated carbocycles. The highest BCUT2D eigenvalue weighted by Gasteiger charge is 2.22. The Bertz CT molecular complexity index is 872. The summed E-state index contributed by atoms with van der Waals surface area (Å²) >= 11 is 5.65. The van der Waals surface area contributed by atoms with Crippen LogP contribution >= 0.6 is 12.2 Å². The first-order valence-corrected chi connectivity index (χ1v) is 10.7. The number of H-pyrrole nitrogens is 1. The molecule has 1 atom stereocenters. The Balaban J connectivity index is 1.84. The minimum absolute atomic E-state index is 0.0549. The Morgan fingerprint density at radius 1 is 1.39 bits per heavy atom. The number of nitrogens with zero attached hydrogens (tertiary/aromatic N) is 1. The van der Waals surface area contributed by atoms with Gasteiger partial charge in [0.2, 0.25) is 0 Å². The Morgan fingerprint density at radius 3 is 2.89 bits per heavy atom. The number of hydrogen-bond donors (Lipinski definition) is 2. The van der Waals surface area contributed by atoms with Crippen molar-refractivity contribution in [3.05, 3.63) is 45.7 Å². The largest absolute Gasteiger partial charge is 0.376 e. The lowest BCUT2D eigenvalue weighted by Crippen LogP contribution is -2.44. The van der Waals surface area contributed by atoms with Crippen molar-refractivity contribution in [3.63, 3.8) is 0 Å². The number of aryl methyl sites for hydroxylation is 1. The Hall–Kier alpha value is -1.92. The van der Waals surface area contributed by atoms with E-state index in [9.17, 15) is 4.79 Å². The van der Waals surface area contributed by atoms with Crippen molar-refractivity contribution in [3.8, 4) is 0 Å². The Labute approximate surface area is 172 Å². The molecule has 0 amide bonds. The third-order valence-corrected chi connectivity index (χ3v) is 5.55. The summed E-state index contributed by atoms with van der Waals surface area (Å²) in [5, 5.41) is 5.09. The van der Waals surface area contributed by atoms with Crippen molar-refractivity contribution in [2.24, 2.45) is 5.92 Å². The van der Waals surface area contributed by atoms with Crippen molar-refractivity contribution < 1.29 is 4.74 Å². The fourth-order valence-corrected chi connectivity index (χ4v) is 3.72. The molecule has 5 nitrogen and oxygen atoms in total. The highest BCUT2D eigenvalue weighted by atomic mass is 32.1. The number of hydrogen-bond acceptors (Lipinski definition) is 3. The van der Waals surface area contributed by atoms with Gasteiger partial charge in [0.1, 0.15) is 0 Å². The van der Waals surface area contributed by atoms with Gasteiger partial charge in [0.05, 0.1) is 12.6 Å². The molecule has 2 heterocycles. The van der Waals surface area contributed by atoms with Gasteiger partial charge in [-0.2, -0.15) is 0 Å². The lowest BCUT2D eigenvalue weighted by molar-refractivity contribution is 0.0896. The number of thiocarbonyl (C=S) groups is 1. The molecular weight excluding hydrogens is 370 g/mol. The zero-order valence-electron chi connectivity index (χ0n) is 17.1. The SMILES string of the molecule is CCc1ccc2[nH]c(=O)c(CN(CC3CCCO3)C(=S)NCC(C)C)cc2c1. The van der Waals surface area contributed by atoms with E-state index in [1.807, 2.05) is 12.1 Å². The molecule has 1 aromatic heterocycles. The van der Waals surface area contributed by atoms with Crippen molar-refractivity contribution in [2.45, 2.75) is 52.7 Å². The fraction of sp³-hybridized carbons (Fsp3) is 0.545. The first kappa shape index (κ1) is 20.8. The van der Waals surface area contributed by atoms with Gasteiger partial charge in [0.25, 0.3) is 5.56 Å². The van der Waals surface area contributed by atoms with Crippen LogP contribution in [0.15, 0.2) is 29.1 Å². The molecule has 0 spiro atoms. The van der Waals surface area contributed by atoms with Crippen molar-refractivity contribution in [1.29, 1.82) is 0 Å². The van der Waals surface area contributed by atoms with Gasteiger partial charge in [-0.15, -0.1) is 0 Å². The van der Waals surface area contributed by atoms with Crippen LogP contribution in [0, 0.1) is 5.92 Å². The second-order valence-electron chi connectivity index (χ2n) is 7.99. The number of fused-ring (bicyclic) bond motifs is 1. The molecule has 0 aliphatic carbocycles. The minimum atomic E-state index is -0.0549. The van der Waals surface area contributed by atoms with Crippen molar-refractivity contribution >= 4 is 28.2 Å². The van der Waals surface area contributed by atoms with E-state index in [-0.39, 0.29) is 11.7 Å². The summed E-state index contributed by atoms with van der Waals surface area (Å²) in [5.41, 5.74) is 2.81. The number of benzene rings is 1. The van der Waals surface area contributed by atoms with Crippen LogP contribution in [0.3, 0.4) is 0 Å². The summed E-state index contributed by atoms with van der Waals surface area (Å²) in [6, 6.07) is 8.19. The van der Waals surface area contributed by atoms with Gasteiger partial charge in [-0.3, -0.25) is 4.79 Å². The monoisotopic (exact) mass is 401 g/mol.